The number of nitrogens with zero attached hydrogens (tertiary/aromatic N) is 4. The maximum Gasteiger partial charge on any atom is 0.490 e. The number of hydrogen-bond acceptors (Lipinski definition) is 5. The van der Waals surface area contributed by atoms with Crippen LogP contribution < -0.4 is 5.32 Å². The molecule has 1 aromatic carbocycles. The summed E-state index contributed by atoms with van der Waals surface area (Å²) in [6, 6.07) is 10.2. The van der Waals surface area contributed by atoms with Crippen LogP contribution in [0.5, 0.6) is 0 Å². The Bertz CT molecular complexity index is 932. The van der Waals surface area contributed by atoms with Gasteiger partial charge in [-0.25, -0.2) is 4.79 Å². The molecule has 1 fully saturated rings. The van der Waals surface area contributed by atoms with Crippen molar-refractivity contribution < 1.29 is 23.1 Å². The zero-order valence-corrected chi connectivity index (χ0v) is 14.0. The number of nitrogens with one attached hydrogen (secondary N) is 1. The molecule has 0 radical (unpaired) electrons. The minimum atomic E-state index is -5.08. The smallest absolute Gasteiger partial charge is 0.475 e. The van der Waals surface area contributed by atoms with Crippen molar-refractivity contribution in [2.24, 2.45) is 5.92 Å². The van der Waals surface area contributed by atoms with Crippen LogP contribution in [0.3, 0.4) is 0 Å². The van der Waals surface area contributed by atoms with Crippen LogP contribution in [0.4, 0.5) is 13.2 Å². The molecule has 0 spiro atoms. The van der Waals surface area contributed by atoms with Crippen LogP contribution in [-0.2, 0) is 11.3 Å². The average molecular weight is 379 g/mol. The van der Waals surface area contributed by atoms with Gasteiger partial charge in [0.05, 0.1) is 11.7 Å². The van der Waals surface area contributed by atoms with Gasteiger partial charge in [0.25, 0.3) is 0 Å². The van der Waals surface area contributed by atoms with Crippen molar-refractivity contribution in [1.29, 1.82) is 0 Å². The number of carbonyl (C=O) groups is 1. The summed E-state index contributed by atoms with van der Waals surface area (Å²) in [7, 11) is 0. The van der Waals surface area contributed by atoms with E-state index in [0.29, 0.717) is 5.92 Å². The number of rotatable bonds is 3. The molecule has 1 aliphatic heterocycles. The first-order chi connectivity index (χ1) is 12.8. The minimum Gasteiger partial charge on any atom is -0.475 e. The number of hydrogen-bond donors (Lipinski definition) is 2. The summed E-state index contributed by atoms with van der Waals surface area (Å²) in [5.41, 5.74) is 2.91. The van der Waals surface area contributed by atoms with Crippen molar-refractivity contribution in [3.8, 4) is 11.3 Å². The van der Waals surface area contributed by atoms with Gasteiger partial charge in [0.2, 0.25) is 0 Å². The third kappa shape index (κ3) is 4.59. The fourth-order valence-corrected chi connectivity index (χ4v) is 2.56. The fraction of sp³-hybridized carbons (Fsp3) is 0.294. The molecule has 1 aliphatic rings. The van der Waals surface area contributed by atoms with Crippen molar-refractivity contribution >= 4 is 16.9 Å². The first-order valence-electron chi connectivity index (χ1n) is 8.09. The maximum atomic E-state index is 10.6. The first-order valence-corrected chi connectivity index (χ1v) is 8.09. The van der Waals surface area contributed by atoms with Crippen molar-refractivity contribution in [2.75, 3.05) is 13.1 Å². The van der Waals surface area contributed by atoms with E-state index in [1.807, 2.05) is 29.2 Å². The number of alkyl halides is 3. The van der Waals surface area contributed by atoms with Crippen LogP contribution in [0.1, 0.15) is 0 Å². The zero-order chi connectivity index (χ0) is 19.4. The van der Waals surface area contributed by atoms with Crippen LogP contribution in [0, 0.1) is 5.92 Å². The lowest BCUT2D eigenvalue weighted by molar-refractivity contribution is -0.192. The summed E-state index contributed by atoms with van der Waals surface area (Å²) in [6.07, 6.45) is -1.25. The first kappa shape index (κ1) is 18.8. The quantitative estimate of drug-likeness (QED) is 0.726. The molecule has 3 heterocycles. The van der Waals surface area contributed by atoms with E-state index < -0.39 is 12.1 Å². The number of carboxylic acids is 1. The van der Waals surface area contributed by atoms with Gasteiger partial charge in [-0.3, -0.25) is 9.67 Å². The molecule has 0 amide bonds. The van der Waals surface area contributed by atoms with Gasteiger partial charge in [-0.1, -0.05) is 29.5 Å². The Hall–Kier alpha value is -3.01. The number of aromatic nitrogens is 4. The molecule has 1 saturated heterocycles. The van der Waals surface area contributed by atoms with Crippen LogP contribution in [0.25, 0.3) is 22.2 Å². The molecule has 2 aromatic heterocycles. The summed E-state index contributed by atoms with van der Waals surface area (Å²) < 4.78 is 33.7. The number of para-hydroxylation sites is 1. The zero-order valence-electron chi connectivity index (χ0n) is 14.0. The topological polar surface area (TPSA) is 92.9 Å². The van der Waals surface area contributed by atoms with Crippen LogP contribution >= 0.6 is 0 Å². The maximum absolute atomic E-state index is 10.6. The van der Waals surface area contributed by atoms with Gasteiger partial charge >= 0.3 is 12.1 Å². The van der Waals surface area contributed by atoms with E-state index in [2.05, 4.69) is 38.8 Å². The Balaban J connectivity index is 0.000000260. The van der Waals surface area contributed by atoms with Crippen molar-refractivity contribution in [3.63, 3.8) is 0 Å². The molecular weight excluding hydrogens is 363 g/mol. The molecule has 3 aromatic rings. The fourth-order valence-electron chi connectivity index (χ4n) is 2.56. The Morgan fingerprint density at radius 1 is 1.26 bits per heavy atom. The number of pyridine rings is 1. The number of halogens is 3. The monoisotopic (exact) mass is 379 g/mol. The highest BCUT2D eigenvalue weighted by atomic mass is 19.4. The summed E-state index contributed by atoms with van der Waals surface area (Å²) >= 11 is 0. The van der Waals surface area contributed by atoms with Gasteiger partial charge in [-0.15, -0.1) is 5.10 Å². The Morgan fingerprint density at radius 3 is 2.59 bits per heavy atom. The van der Waals surface area contributed by atoms with Crippen LogP contribution in [0.2, 0.25) is 0 Å². The molecule has 142 valence electrons. The van der Waals surface area contributed by atoms with E-state index >= 15 is 0 Å². The van der Waals surface area contributed by atoms with Crippen molar-refractivity contribution in [2.45, 2.75) is 12.7 Å². The second kappa shape index (κ2) is 7.70. The third-order valence-corrected chi connectivity index (χ3v) is 4.00. The highest BCUT2D eigenvalue weighted by molar-refractivity contribution is 5.92. The summed E-state index contributed by atoms with van der Waals surface area (Å²) in [5.74, 6) is -2.08. The lowest BCUT2D eigenvalue weighted by Crippen LogP contribution is -2.44. The van der Waals surface area contributed by atoms with E-state index in [-0.39, 0.29) is 0 Å². The van der Waals surface area contributed by atoms with E-state index in [4.69, 9.17) is 9.90 Å². The van der Waals surface area contributed by atoms with E-state index in [1.165, 1.54) is 0 Å². The summed E-state index contributed by atoms with van der Waals surface area (Å²) in [4.78, 5) is 13.4. The predicted octanol–water partition coefficient (Wildman–Crippen LogP) is 2.35. The molecule has 4 rings (SSSR count). The Morgan fingerprint density at radius 2 is 1.96 bits per heavy atom. The number of aliphatic carboxylic acids is 1. The van der Waals surface area contributed by atoms with E-state index in [1.54, 1.807) is 0 Å². The van der Waals surface area contributed by atoms with Crippen LogP contribution in [-0.4, -0.2) is 50.3 Å². The standard InChI is InChI=1S/C15H15N5.C2HF3O2/c1-3-12-4-2-6-17-15(12)13(5-1)14-10-20(19-18-14)9-11-7-16-8-11;3-2(4,5)1(6)7/h1-6,10-11,16H,7-9H2;(H,6,7). The highest BCUT2D eigenvalue weighted by Crippen LogP contribution is 2.25. The van der Waals surface area contributed by atoms with Gasteiger partial charge in [0.15, 0.2) is 0 Å². The Labute approximate surface area is 151 Å². The Kier molecular flexibility index (Phi) is 5.36. The molecule has 0 atom stereocenters. The second-order valence-corrected chi connectivity index (χ2v) is 6.03. The second-order valence-electron chi connectivity index (χ2n) is 6.03. The van der Waals surface area contributed by atoms with Gasteiger partial charge < -0.3 is 10.4 Å². The number of benzene rings is 1. The highest BCUT2D eigenvalue weighted by Gasteiger charge is 2.38. The lowest BCUT2D eigenvalue weighted by Gasteiger charge is -2.26. The lowest BCUT2D eigenvalue weighted by atomic mass is 10.0. The normalized spacial score (nSPS) is 14.3. The summed E-state index contributed by atoms with van der Waals surface area (Å²) in [5, 5.41) is 20.1. The summed E-state index contributed by atoms with van der Waals surface area (Å²) in [6.45, 7) is 3.08. The molecule has 0 unspecified atom stereocenters. The van der Waals surface area contributed by atoms with Crippen LogP contribution in [0.15, 0.2) is 42.7 Å². The molecule has 0 aliphatic carbocycles. The molecule has 7 nitrogen and oxygen atoms in total. The predicted molar refractivity (Wildman–Crippen MR) is 90.8 cm³/mol. The SMILES string of the molecule is O=C(O)C(F)(F)F.c1cnc2c(-c3cn(CC4CNC4)nn3)cccc2c1. The van der Waals surface area contributed by atoms with Gasteiger partial charge in [-0.05, 0) is 6.07 Å². The molecule has 0 bridgehead atoms. The van der Waals surface area contributed by atoms with Crippen molar-refractivity contribution in [1.82, 2.24) is 25.3 Å². The largest absolute Gasteiger partial charge is 0.490 e. The number of fused-ring (bicyclic) bond motifs is 1. The molecule has 2 N–H and O–H groups in total. The van der Waals surface area contributed by atoms with E-state index in [0.717, 1.165) is 41.8 Å². The van der Waals surface area contributed by atoms with E-state index in [9.17, 15) is 13.2 Å². The molecule has 0 saturated carbocycles. The third-order valence-electron chi connectivity index (χ3n) is 4.00. The van der Waals surface area contributed by atoms with Gasteiger partial charge in [-0.2, -0.15) is 13.2 Å². The average Bonchev–Trinajstić information content (AvgIpc) is 3.06. The number of carboxylic acid groups (broad SMARTS) is 1. The minimum absolute atomic E-state index is 0.676. The molecular formula is C17H16F3N5O2. The molecule has 27 heavy (non-hydrogen) atoms. The van der Waals surface area contributed by atoms with Gasteiger partial charge in [0.1, 0.15) is 5.69 Å². The van der Waals surface area contributed by atoms with Gasteiger partial charge in [0, 0.05) is 42.7 Å². The van der Waals surface area contributed by atoms with Crippen molar-refractivity contribution in [3.05, 3.63) is 42.7 Å². The molecule has 10 heteroatoms.